The highest BCUT2D eigenvalue weighted by Gasteiger charge is 2.39. The number of carbonyl (C=O) groups is 1. The summed E-state index contributed by atoms with van der Waals surface area (Å²) in [5.74, 6) is -2.00. The van der Waals surface area contributed by atoms with Gasteiger partial charge in [-0.15, -0.1) is 0 Å². The number of aliphatic hydroxyl groups is 2. The number of halogens is 2. The molecule has 0 aliphatic heterocycles. The van der Waals surface area contributed by atoms with Crippen molar-refractivity contribution in [2.45, 2.75) is 89.8 Å². The number of unbranched alkanes of at least 4 members (excludes halogenated alkanes) is 3. The summed E-state index contributed by atoms with van der Waals surface area (Å²) in [4.78, 5) is 15.9. The molecule has 1 aromatic carbocycles. The number of hydrogen-bond acceptors (Lipinski definition) is 5. The van der Waals surface area contributed by atoms with E-state index in [1.165, 1.54) is 12.1 Å². The van der Waals surface area contributed by atoms with E-state index in [1.54, 1.807) is 0 Å². The molecule has 0 heterocycles. The van der Waals surface area contributed by atoms with Gasteiger partial charge in [-0.25, -0.2) is 8.78 Å². The van der Waals surface area contributed by atoms with Crippen molar-refractivity contribution in [3.05, 3.63) is 35.4 Å². The average Bonchev–Trinajstić information content (AvgIpc) is 3.05. The number of nitrogens with zero attached hydrogens (tertiary/aromatic N) is 1. The first-order valence-corrected chi connectivity index (χ1v) is 12.0. The fourth-order valence-electron chi connectivity index (χ4n) is 4.67. The Labute approximate surface area is 194 Å². The van der Waals surface area contributed by atoms with Crippen molar-refractivity contribution in [2.75, 3.05) is 6.61 Å². The van der Waals surface area contributed by atoms with Gasteiger partial charge in [0.05, 0.1) is 17.9 Å². The Balaban J connectivity index is 1.87. The minimum absolute atomic E-state index is 0.00633. The van der Waals surface area contributed by atoms with Gasteiger partial charge in [0.15, 0.2) is 0 Å². The van der Waals surface area contributed by atoms with Crippen LogP contribution in [0.3, 0.4) is 0 Å². The lowest BCUT2D eigenvalue weighted by Gasteiger charge is -2.23. The Kier molecular flexibility index (Phi) is 11.7. The van der Waals surface area contributed by atoms with Crippen molar-refractivity contribution in [1.29, 1.82) is 0 Å². The van der Waals surface area contributed by atoms with Gasteiger partial charge in [0.2, 0.25) is 0 Å². The van der Waals surface area contributed by atoms with Gasteiger partial charge in [-0.3, -0.25) is 4.79 Å². The van der Waals surface area contributed by atoms with E-state index in [1.807, 2.05) is 6.92 Å². The summed E-state index contributed by atoms with van der Waals surface area (Å²) in [6.07, 6.45) is 5.52. The van der Waals surface area contributed by atoms with E-state index in [2.05, 4.69) is 5.16 Å². The van der Waals surface area contributed by atoms with Gasteiger partial charge in [0, 0.05) is 24.8 Å². The summed E-state index contributed by atoms with van der Waals surface area (Å²) < 4.78 is 26.7. The van der Waals surface area contributed by atoms with Gasteiger partial charge in [-0.05, 0) is 69.1 Å². The van der Waals surface area contributed by atoms with Crippen LogP contribution in [0.5, 0.6) is 0 Å². The third-order valence-electron chi connectivity index (χ3n) is 6.35. The molecule has 8 heteroatoms. The molecular weight excluding hydrogens is 432 g/mol. The van der Waals surface area contributed by atoms with Gasteiger partial charge in [0.25, 0.3) is 0 Å². The lowest BCUT2D eigenvalue weighted by Crippen LogP contribution is -2.22. The third kappa shape index (κ3) is 9.76. The number of aryl methyl sites for hydroxylation is 1. The summed E-state index contributed by atoms with van der Waals surface area (Å²) in [6.45, 7) is 2.28. The van der Waals surface area contributed by atoms with Crippen LogP contribution in [0.15, 0.2) is 23.4 Å². The van der Waals surface area contributed by atoms with Crippen LogP contribution in [0, 0.1) is 23.5 Å². The molecule has 0 bridgehead atoms. The Morgan fingerprint density at radius 3 is 2.48 bits per heavy atom. The largest absolute Gasteiger partial charge is 0.481 e. The van der Waals surface area contributed by atoms with E-state index in [0.717, 1.165) is 37.5 Å². The highest BCUT2D eigenvalue weighted by atomic mass is 19.1. The van der Waals surface area contributed by atoms with Crippen molar-refractivity contribution in [3.63, 3.8) is 0 Å². The Morgan fingerprint density at radius 1 is 1.12 bits per heavy atom. The normalized spacial score (nSPS) is 22.6. The van der Waals surface area contributed by atoms with E-state index in [9.17, 15) is 23.8 Å². The minimum Gasteiger partial charge on any atom is -0.481 e. The lowest BCUT2D eigenvalue weighted by molar-refractivity contribution is -0.137. The van der Waals surface area contributed by atoms with Crippen LogP contribution in [0.4, 0.5) is 8.78 Å². The summed E-state index contributed by atoms with van der Waals surface area (Å²) >= 11 is 0. The highest BCUT2D eigenvalue weighted by Crippen LogP contribution is 2.37. The second-order valence-electron chi connectivity index (χ2n) is 8.94. The predicted octanol–water partition coefficient (Wildman–Crippen LogP) is 4.85. The van der Waals surface area contributed by atoms with Gasteiger partial charge in [0.1, 0.15) is 18.2 Å². The summed E-state index contributed by atoms with van der Waals surface area (Å²) in [5, 5.41) is 34.0. The van der Waals surface area contributed by atoms with Gasteiger partial charge in [-0.2, -0.15) is 0 Å². The molecule has 1 aliphatic carbocycles. The second-order valence-corrected chi connectivity index (χ2v) is 8.94. The van der Waals surface area contributed by atoms with E-state index >= 15 is 0 Å². The number of aliphatic carboxylic acids is 1. The van der Waals surface area contributed by atoms with Crippen LogP contribution in [-0.4, -0.2) is 45.8 Å². The topological polar surface area (TPSA) is 99.4 Å². The van der Waals surface area contributed by atoms with Crippen LogP contribution >= 0.6 is 0 Å². The summed E-state index contributed by atoms with van der Waals surface area (Å²) in [5.41, 5.74) is 1.34. The molecule has 4 atom stereocenters. The Morgan fingerprint density at radius 2 is 1.82 bits per heavy atom. The van der Waals surface area contributed by atoms with Gasteiger partial charge < -0.3 is 20.2 Å². The molecule has 0 amide bonds. The average molecular weight is 470 g/mol. The summed E-state index contributed by atoms with van der Waals surface area (Å²) in [6, 6.07) is 3.39. The maximum Gasteiger partial charge on any atom is 0.303 e. The van der Waals surface area contributed by atoms with Crippen LogP contribution in [0.1, 0.15) is 76.7 Å². The molecule has 4 unspecified atom stereocenters. The van der Waals surface area contributed by atoms with Crippen molar-refractivity contribution in [2.24, 2.45) is 17.0 Å². The molecule has 0 saturated heterocycles. The number of benzene rings is 1. The van der Waals surface area contributed by atoms with E-state index in [4.69, 9.17) is 9.94 Å². The predicted molar refractivity (Wildman–Crippen MR) is 122 cm³/mol. The second kappa shape index (κ2) is 14.3. The lowest BCUT2D eigenvalue weighted by atomic mass is 9.84. The molecule has 0 spiro atoms. The molecule has 3 N–H and O–H groups in total. The van der Waals surface area contributed by atoms with Gasteiger partial charge >= 0.3 is 5.97 Å². The zero-order valence-corrected chi connectivity index (χ0v) is 19.4. The number of carboxylic acids is 1. The monoisotopic (exact) mass is 469 g/mol. The van der Waals surface area contributed by atoms with E-state index < -0.39 is 29.8 Å². The van der Waals surface area contributed by atoms with Crippen LogP contribution in [0.2, 0.25) is 0 Å². The van der Waals surface area contributed by atoms with Crippen LogP contribution in [0.25, 0.3) is 0 Å². The highest BCUT2D eigenvalue weighted by molar-refractivity contribution is 5.89. The van der Waals surface area contributed by atoms with Crippen molar-refractivity contribution >= 4 is 11.7 Å². The third-order valence-corrected chi connectivity index (χ3v) is 6.35. The SMILES string of the molecule is CCON=C1CC(O)C(CCCCCCC(=O)O)C1CCC(O)CCc1cc(F)cc(F)c1. The molecule has 1 saturated carbocycles. The molecule has 1 aromatic rings. The standard InChI is InChI=1S/C25H37F2NO5/c1-2-33-28-23-16-24(30)22(7-5-3-4-6-8-25(31)32)21(23)12-11-20(29)10-9-17-13-18(26)15-19(27)14-17/h13-15,20-22,24,29-30H,2-12,16H2,1H3,(H,31,32). The van der Waals surface area contributed by atoms with E-state index in [-0.39, 0.29) is 18.3 Å². The molecule has 186 valence electrons. The first-order valence-electron chi connectivity index (χ1n) is 12.0. The van der Waals surface area contributed by atoms with Crippen molar-refractivity contribution in [1.82, 2.24) is 0 Å². The molecule has 1 aliphatic rings. The number of aliphatic hydroxyl groups excluding tert-OH is 2. The number of hydrogen-bond donors (Lipinski definition) is 3. The minimum atomic E-state index is -0.779. The number of carboxylic acid groups (broad SMARTS) is 1. The van der Waals surface area contributed by atoms with Gasteiger partial charge in [-0.1, -0.05) is 24.4 Å². The van der Waals surface area contributed by atoms with Crippen LogP contribution in [-0.2, 0) is 16.1 Å². The van der Waals surface area contributed by atoms with E-state index in [0.29, 0.717) is 50.7 Å². The zero-order valence-electron chi connectivity index (χ0n) is 19.4. The smallest absolute Gasteiger partial charge is 0.303 e. The van der Waals surface area contributed by atoms with Crippen molar-refractivity contribution < 1.29 is 33.7 Å². The first-order chi connectivity index (χ1) is 15.8. The first kappa shape index (κ1) is 27.2. The Bertz CT molecular complexity index is 753. The quantitative estimate of drug-likeness (QED) is 0.252. The number of rotatable bonds is 15. The van der Waals surface area contributed by atoms with Crippen molar-refractivity contribution in [3.8, 4) is 0 Å². The molecule has 6 nitrogen and oxygen atoms in total. The molecule has 2 rings (SSSR count). The fraction of sp³-hybridized carbons (Fsp3) is 0.680. The molecule has 0 radical (unpaired) electrons. The van der Waals surface area contributed by atoms with Crippen LogP contribution < -0.4 is 0 Å². The summed E-state index contributed by atoms with van der Waals surface area (Å²) in [7, 11) is 0. The molecule has 1 fully saturated rings. The Hall–Kier alpha value is -2.06. The number of oxime groups is 1. The maximum atomic E-state index is 13.4. The molecule has 33 heavy (non-hydrogen) atoms. The molecule has 0 aromatic heterocycles. The fourth-order valence-corrected chi connectivity index (χ4v) is 4.67. The zero-order chi connectivity index (χ0) is 24.2. The maximum absolute atomic E-state index is 13.4. The molecular formula is C25H37F2NO5.